The number of nitrogens with one attached hydrogen (secondary N) is 2. The van der Waals surface area contributed by atoms with E-state index < -0.39 is 0 Å². The number of aromatic nitrogens is 1. The number of benzene rings is 1. The quantitative estimate of drug-likeness (QED) is 0.904. The van der Waals surface area contributed by atoms with Crippen molar-refractivity contribution in [3.05, 3.63) is 45.9 Å². The van der Waals surface area contributed by atoms with Crippen LogP contribution in [0.1, 0.15) is 33.9 Å². The number of anilines is 1. The molecule has 1 amide bonds. The summed E-state index contributed by atoms with van der Waals surface area (Å²) in [6.07, 6.45) is 2.74. The van der Waals surface area contributed by atoms with Crippen LogP contribution in [0.4, 0.5) is 5.69 Å². The lowest BCUT2D eigenvalue weighted by Gasteiger charge is -2.12. The molecule has 0 saturated carbocycles. The summed E-state index contributed by atoms with van der Waals surface area (Å²) in [4.78, 5) is 16.4. The summed E-state index contributed by atoms with van der Waals surface area (Å²) in [7, 11) is 0. The molecule has 19 heavy (non-hydrogen) atoms. The van der Waals surface area contributed by atoms with Crippen molar-refractivity contribution in [3.63, 3.8) is 0 Å². The Hall–Kier alpha value is -1.88. The van der Waals surface area contributed by atoms with Crippen LogP contribution in [0.2, 0.25) is 0 Å². The number of nitrogens with zero attached hydrogens (tertiary/aromatic N) is 1. The van der Waals surface area contributed by atoms with Crippen molar-refractivity contribution in [3.8, 4) is 0 Å². The fourth-order valence-corrected chi connectivity index (χ4v) is 2.88. The Bertz CT molecular complexity index is 595. The zero-order valence-electron chi connectivity index (χ0n) is 10.6. The standard InChI is InChI=1S/C14H15N3OS/c1-9(14-16-6-7-19-14)17-13(18)11-2-3-12-10(8-11)4-5-15-12/h2-3,6-9,15H,4-5H2,1H3,(H,17,18). The number of rotatable bonds is 3. The Labute approximate surface area is 115 Å². The summed E-state index contributed by atoms with van der Waals surface area (Å²) in [5, 5.41) is 9.11. The zero-order chi connectivity index (χ0) is 13.2. The summed E-state index contributed by atoms with van der Waals surface area (Å²) < 4.78 is 0. The average Bonchev–Trinajstić information content (AvgIpc) is 3.09. The van der Waals surface area contributed by atoms with E-state index in [2.05, 4.69) is 15.6 Å². The third-order valence-electron chi connectivity index (χ3n) is 3.25. The molecule has 2 aromatic rings. The van der Waals surface area contributed by atoms with E-state index in [1.54, 1.807) is 17.5 Å². The third-order valence-corrected chi connectivity index (χ3v) is 4.20. The van der Waals surface area contributed by atoms with Gasteiger partial charge in [0.25, 0.3) is 5.91 Å². The molecule has 5 heteroatoms. The van der Waals surface area contributed by atoms with E-state index in [-0.39, 0.29) is 11.9 Å². The summed E-state index contributed by atoms with van der Waals surface area (Å²) in [6, 6.07) is 5.75. The summed E-state index contributed by atoms with van der Waals surface area (Å²) >= 11 is 1.55. The topological polar surface area (TPSA) is 54.0 Å². The number of carbonyl (C=O) groups is 1. The fourth-order valence-electron chi connectivity index (χ4n) is 2.24. The number of hydrogen-bond donors (Lipinski definition) is 2. The van der Waals surface area contributed by atoms with Crippen LogP contribution >= 0.6 is 11.3 Å². The molecule has 1 unspecified atom stereocenters. The van der Waals surface area contributed by atoms with Crippen LogP contribution in [0.3, 0.4) is 0 Å². The molecule has 1 atom stereocenters. The Balaban J connectivity index is 1.74. The first-order valence-corrected chi connectivity index (χ1v) is 7.19. The van der Waals surface area contributed by atoms with Crippen LogP contribution in [-0.4, -0.2) is 17.4 Å². The lowest BCUT2D eigenvalue weighted by atomic mass is 10.1. The van der Waals surface area contributed by atoms with Gasteiger partial charge in [-0.3, -0.25) is 4.79 Å². The SMILES string of the molecule is CC(NC(=O)c1ccc2c(c1)CCN2)c1nccs1. The molecule has 0 saturated heterocycles. The van der Waals surface area contributed by atoms with Crippen molar-refractivity contribution in [1.29, 1.82) is 0 Å². The molecule has 0 fully saturated rings. The minimum Gasteiger partial charge on any atom is -0.384 e. The van der Waals surface area contributed by atoms with Crippen LogP contribution in [-0.2, 0) is 6.42 Å². The predicted octanol–water partition coefficient (Wildman–Crippen LogP) is 2.60. The first kappa shape index (κ1) is 12.2. The number of thiazole rings is 1. The van der Waals surface area contributed by atoms with E-state index in [9.17, 15) is 4.79 Å². The normalized spacial score (nSPS) is 14.6. The van der Waals surface area contributed by atoms with E-state index in [1.807, 2.05) is 30.5 Å². The molecular weight excluding hydrogens is 258 g/mol. The Morgan fingerprint density at radius 3 is 3.21 bits per heavy atom. The van der Waals surface area contributed by atoms with Crippen LogP contribution in [0.15, 0.2) is 29.8 Å². The largest absolute Gasteiger partial charge is 0.384 e. The van der Waals surface area contributed by atoms with Gasteiger partial charge in [-0.25, -0.2) is 4.98 Å². The van der Waals surface area contributed by atoms with E-state index in [0.29, 0.717) is 5.56 Å². The zero-order valence-corrected chi connectivity index (χ0v) is 11.5. The fraction of sp³-hybridized carbons (Fsp3) is 0.286. The van der Waals surface area contributed by atoms with Crippen LogP contribution < -0.4 is 10.6 Å². The Kier molecular flexibility index (Phi) is 3.21. The second-order valence-corrected chi connectivity index (χ2v) is 5.54. The van der Waals surface area contributed by atoms with E-state index in [0.717, 1.165) is 23.7 Å². The summed E-state index contributed by atoms with van der Waals surface area (Å²) in [5.74, 6) is -0.0441. The predicted molar refractivity (Wildman–Crippen MR) is 76.6 cm³/mol. The van der Waals surface area contributed by atoms with Crippen molar-refractivity contribution in [1.82, 2.24) is 10.3 Å². The molecule has 2 N–H and O–H groups in total. The van der Waals surface area contributed by atoms with Gasteiger partial charge in [0.05, 0.1) is 6.04 Å². The number of amides is 1. The highest BCUT2D eigenvalue weighted by Crippen LogP contribution is 2.23. The molecule has 0 spiro atoms. The van der Waals surface area contributed by atoms with Gasteiger partial charge in [-0.2, -0.15) is 0 Å². The molecule has 1 aliphatic heterocycles. The van der Waals surface area contributed by atoms with Gasteiger partial charge in [-0.15, -0.1) is 11.3 Å². The summed E-state index contributed by atoms with van der Waals surface area (Å²) in [5.41, 5.74) is 3.07. The van der Waals surface area contributed by atoms with Gasteiger partial charge in [0.1, 0.15) is 5.01 Å². The highest BCUT2D eigenvalue weighted by molar-refractivity contribution is 7.09. The highest BCUT2D eigenvalue weighted by atomic mass is 32.1. The van der Waals surface area contributed by atoms with Crippen molar-refractivity contribution in [2.24, 2.45) is 0 Å². The lowest BCUT2D eigenvalue weighted by molar-refractivity contribution is 0.0940. The van der Waals surface area contributed by atoms with E-state index in [4.69, 9.17) is 0 Å². The second-order valence-electron chi connectivity index (χ2n) is 4.61. The van der Waals surface area contributed by atoms with Gasteiger partial charge in [-0.1, -0.05) is 0 Å². The van der Waals surface area contributed by atoms with E-state index >= 15 is 0 Å². The Morgan fingerprint density at radius 1 is 1.53 bits per heavy atom. The van der Waals surface area contributed by atoms with E-state index in [1.165, 1.54) is 5.56 Å². The molecule has 2 heterocycles. The molecule has 98 valence electrons. The molecule has 3 rings (SSSR count). The molecule has 1 aromatic carbocycles. The second kappa shape index (κ2) is 5.01. The highest BCUT2D eigenvalue weighted by Gasteiger charge is 2.16. The van der Waals surface area contributed by atoms with Crippen molar-refractivity contribution in [2.75, 3.05) is 11.9 Å². The maximum Gasteiger partial charge on any atom is 0.251 e. The molecule has 4 nitrogen and oxygen atoms in total. The first-order chi connectivity index (χ1) is 9.24. The molecule has 1 aromatic heterocycles. The van der Waals surface area contributed by atoms with Crippen LogP contribution in [0.5, 0.6) is 0 Å². The Morgan fingerprint density at radius 2 is 2.42 bits per heavy atom. The monoisotopic (exact) mass is 273 g/mol. The first-order valence-electron chi connectivity index (χ1n) is 6.31. The third kappa shape index (κ3) is 2.46. The van der Waals surface area contributed by atoms with Crippen molar-refractivity contribution in [2.45, 2.75) is 19.4 Å². The number of carbonyl (C=O) groups excluding carboxylic acids is 1. The van der Waals surface area contributed by atoms with Gasteiger partial charge in [0.15, 0.2) is 0 Å². The number of hydrogen-bond acceptors (Lipinski definition) is 4. The minimum absolute atomic E-state index is 0.0441. The summed E-state index contributed by atoms with van der Waals surface area (Å²) in [6.45, 7) is 2.90. The molecular formula is C14H15N3OS. The average molecular weight is 273 g/mol. The molecule has 0 aliphatic carbocycles. The molecule has 1 aliphatic rings. The van der Waals surface area contributed by atoms with Gasteiger partial charge < -0.3 is 10.6 Å². The van der Waals surface area contributed by atoms with Gasteiger partial charge in [-0.05, 0) is 37.1 Å². The minimum atomic E-state index is -0.0566. The molecule has 0 bridgehead atoms. The van der Waals surface area contributed by atoms with Crippen LogP contribution in [0, 0.1) is 0 Å². The maximum atomic E-state index is 12.2. The van der Waals surface area contributed by atoms with Gasteiger partial charge in [0, 0.05) is 29.4 Å². The smallest absolute Gasteiger partial charge is 0.251 e. The molecule has 0 radical (unpaired) electrons. The van der Waals surface area contributed by atoms with Crippen LogP contribution in [0.25, 0.3) is 0 Å². The van der Waals surface area contributed by atoms with Gasteiger partial charge >= 0.3 is 0 Å². The van der Waals surface area contributed by atoms with Crippen molar-refractivity contribution >= 4 is 22.9 Å². The maximum absolute atomic E-state index is 12.2. The van der Waals surface area contributed by atoms with Crippen molar-refractivity contribution < 1.29 is 4.79 Å². The van der Waals surface area contributed by atoms with Gasteiger partial charge in [0.2, 0.25) is 0 Å². The number of fused-ring (bicyclic) bond motifs is 1. The lowest BCUT2D eigenvalue weighted by Crippen LogP contribution is -2.26.